The number of hydrogen-bond donors (Lipinski definition) is 0. The van der Waals surface area contributed by atoms with Crippen LogP contribution in [0.3, 0.4) is 0 Å². The molecule has 2 aliphatic rings. The molecule has 3 rings (SSSR count). The summed E-state index contributed by atoms with van der Waals surface area (Å²) in [5.74, 6) is 2.33. The molecule has 2 unspecified atom stereocenters. The lowest BCUT2D eigenvalue weighted by Crippen LogP contribution is -2.50. The van der Waals surface area contributed by atoms with Crippen LogP contribution in [0.2, 0.25) is 0 Å². The molecule has 0 N–H and O–H groups in total. The number of rotatable bonds is 7. The molecule has 5 heteroatoms. The van der Waals surface area contributed by atoms with E-state index in [1.165, 1.54) is 0 Å². The maximum Gasteiger partial charge on any atom is 0.375 e. The van der Waals surface area contributed by atoms with Crippen LogP contribution in [0, 0.1) is 0 Å². The van der Waals surface area contributed by atoms with Crippen LogP contribution in [0.25, 0.3) is 0 Å². The first-order chi connectivity index (χ1) is 14.1. The average Bonchev–Trinajstić information content (AvgIpc) is 2.95. The van der Waals surface area contributed by atoms with Crippen LogP contribution in [0.5, 0.6) is 5.75 Å². The minimum Gasteiger partial charge on any atom is -0.495 e. The van der Waals surface area contributed by atoms with Crippen molar-refractivity contribution in [3.63, 3.8) is 0 Å². The van der Waals surface area contributed by atoms with Crippen molar-refractivity contribution in [1.82, 2.24) is 0 Å². The molecule has 1 aliphatic heterocycles. The van der Waals surface area contributed by atoms with Crippen molar-refractivity contribution in [3.05, 3.63) is 53.8 Å². The van der Waals surface area contributed by atoms with Crippen molar-refractivity contribution < 1.29 is 23.5 Å². The van der Waals surface area contributed by atoms with Gasteiger partial charge >= 0.3 is 5.90 Å². The molecular formula is C25H36NO4+. The molecule has 30 heavy (non-hydrogen) atoms. The highest BCUT2D eigenvalue weighted by atomic mass is 16.6. The first-order valence-corrected chi connectivity index (χ1v) is 10.7. The number of allylic oxidation sites excluding steroid dienone is 2. The summed E-state index contributed by atoms with van der Waals surface area (Å²) in [6, 6.07) is 8.20. The quantitative estimate of drug-likeness (QED) is 0.608. The van der Waals surface area contributed by atoms with E-state index in [4.69, 9.17) is 18.9 Å². The number of benzene rings is 1. The molecule has 0 saturated heterocycles. The van der Waals surface area contributed by atoms with Gasteiger partial charge in [0, 0.05) is 21.0 Å². The van der Waals surface area contributed by atoms with Crippen molar-refractivity contribution in [2.75, 3.05) is 20.8 Å². The Morgan fingerprint density at radius 3 is 2.17 bits per heavy atom. The van der Waals surface area contributed by atoms with Gasteiger partial charge < -0.3 is 18.9 Å². The van der Waals surface area contributed by atoms with Gasteiger partial charge in [0.2, 0.25) is 5.60 Å². The molecule has 1 aromatic carbocycles. The Labute approximate surface area is 181 Å². The highest BCUT2D eigenvalue weighted by Gasteiger charge is 2.57. The Morgan fingerprint density at radius 2 is 1.67 bits per heavy atom. The molecule has 0 saturated carbocycles. The molecule has 0 radical (unpaired) electrons. The molecule has 2 atom stereocenters. The molecule has 0 amide bonds. The van der Waals surface area contributed by atoms with E-state index in [9.17, 15) is 0 Å². The molecule has 0 bridgehead atoms. The number of hydrogen-bond acceptors (Lipinski definition) is 4. The van der Waals surface area contributed by atoms with Crippen molar-refractivity contribution in [2.45, 2.75) is 70.8 Å². The molecule has 0 spiro atoms. The third-order valence-electron chi connectivity index (χ3n) is 5.72. The number of ether oxygens (including phenoxy) is 4. The standard InChI is InChI=1S/C25H36NO4/c1-17(2)29-20-13-11-19(12-14-20)22-21(30-18(3)4)10-9-15-25(22,27-8)23-26(7)24(5,6)16-28-23/h9-15,17-18,22H,16H2,1-8H3/q+1. The number of likely N-dealkylation sites (N-methyl/N-ethyl adjacent to an activating group) is 1. The van der Waals surface area contributed by atoms with Gasteiger partial charge in [-0.15, -0.1) is 0 Å². The van der Waals surface area contributed by atoms with E-state index >= 15 is 0 Å². The fraction of sp³-hybridized carbons (Fsp3) is 0.560. The Morgan fingerprint density at radius 1 is 1.03 bits per heavy atom. The van der Waals surface area contributed by atoms with Gasteiger partial charge in [-0.25, -0.2) is 0 Å². The molecule has 0 fully saturated rings. The zero-order chi connectivity index (χ0) is 22.1. The first kappa shape index (κ1) is 22.4. The Kier molecular flexibility index (Phi) is 6.32. The molecule has 1 aliphatic carbocycles. The second-order valence-electron chi connectivity index (χ2n) is 9.23. The predicted molar refractivity (Wildman–Crippen MR) is 119 cm³/mol. The van der Waals surface area contributed by atoms with Crippen molar-refractivity contribution in [3.8, 4) is 5.75 Å². The molecule has 5 nitrogen and oxygen atoms in total. The lowest BCUT2D eigenvalue weighted by atomic mass is 9.77. The number of methoxy groups -OCH3 is 1. The zero-order valence-electron chi connectivity index (χ0n) is 19.6. The predicted octanol–water partition coefficient (Wildman–Crippen LogP) is 4.67. The third kappa shape index (κ3) is 4.13. The van der Waals surface area contributed by atoms with Crippen LogP contribution >= 0.6 is 0 Å². The summed E-state index contributed by atoms with van der Waals surface area (Å²) in [6.45, 7) is 13.1. The summed E-state index contributed by atoms with van der Waals surface area (Å²) < 4.78 is 26.8. The van der Waals surface area contributed by atoms with Crippen LogP contribution < -0.4 is 4.74 Å². The monoisotopic (exact) mass is 414 g/mol. The van der Waals surface area contributed by atoms with Crippen molar-refractivity contribution >= 4 is 5.90 Å². The fourth-order valence-corrected chi connectivity index (χ4v) is 4.05. The van der Waals surface area contributed by atoms with Crippen LogP contribution in [-0.4, -0.2) is 54.6 Å². The van der Waals surface area contributed by atoms with E-state index in [-0.39, 0.29) is 23.7 Å². The van der Waals surface area contributed by atoms with Gasteiger partial charge in [0.05, 0.1) is 18.1 Å². The summed E-state index contributed by atoms with van der Waals surface area (Å²) in [5, 5.41) is 0. The first-order valence-electron chi connectivity index (χ1n) is 10.7. The largest absolute Gasteiger partial charge is 0.495 e. The summed E-state index contributed by atoms with van der Waals surface area (Å²) in [5.41, 5.74) is 0.162. The van der Waals surface area contributed by atoms with Gasteiger partial charge in [-0.05, 0) is 57.5 Å². The summed E-state index contributed by atoms with van der Waals surface area (Å²) in [6.07, 6.45) is 6.29. The van der Waals surface area contributed by atoms with Crippen molar-refractivity contribution in [2.24, 2.45) is 0 Å². The van der Waals surface area contributed by atoms with Crippen LogP contribution in [0.4, 0.5) is 0 Å². The lowest BCUT2D eigenvalue weighted by Gasteiger charge is -2.38. The normalized spacial score (nSPS) is 25.5. The van der Waals surface area contributed by atoms with Crippen molar-refractivity contribution in [1.29, 1.82) is 0 Å². The molecule has 164 valence electrons. The van der Waals surface area contributed by atoms with Gasteiger partial charge in [0.25, 0.3) is 0 Å². The number of nitrogens with zero attached hydrogens (tertiary/aromatic N) is 1. The van der Waals surface area contributed by atoms with Gasteiger partial charge in [-0.2, -0.15) is 4.58 Å². The molecule has 1 aromatic rings. The van der Waals surface area contributed by atoms with E-state index in [1.807, 2.05) is 52.0 Å². The fourth-order valence-electron chi connectivity index (χ4n) is 4.05. The van der Waals surface area contributed by atoms with E-state index < -0.39 is 5.60 Å². The zero-order valence-corrected chi connectivity index (χ0v) is 19.6. The van der Waals surface area contributed by atoms with Gasteiger partial charge in [-0.3, -0.25) is 0 Å². The Hall–Kier alpha value is -2.27. The maximum absolute atomic E-state index is 6.27. The lowest BCUT2D eigenvalue weighted by molar-refractivity contribution is -0.566. The Bertz CT molecular complexity index is 848. The summed E-state index contributed by atoms with van der Waals surface area (Å²) in [7, 11) is 3.80. The van der Waals surface area contributed by atoms with Crippen LogP contribution in [0.1, 0.15) is 53.0 Å². The Balaban J connectivity index is 2.12. The topological polar surface area (TPSA) is 39.9 Å². The second-order valence-corrected chi connectivity index (χ2v) is 9.23. The molecular weight excluding hydrogens is 378 g/mol. The summed E-state index contributed by atoms with van der Waals surface area (Å²) >= 11 is 0. The third-order valence-corrected chi connectivity index (χ3v) is 5.72. The van der Waals surface area contributed by atoms with Crippen LogP contribution in [-0.2, 0) is 14.2 Å². The minimum absolute atomic E-state index is 0.0482. The van der Waals surface area contributed by atoms with Gasteiger partial charge in [-0.1, -0.05) is 18.2 Å². The highest BCUT2D eigenvalue weighted by Crippen LogP contribution is 2.44. The molecule has 0 aromatic heterocycles. The molecule has 1 heterocycles. The average molecular weight is 415 g/mol. The van der Waals surface area contributed by atoms with Gasteiger partial charge in [0.1, 0.15) is 18.6 Å². The SMILES string of the molecule is COC1(C2=[N+](C)C(C)(C)CO2)C=CC=C(OC(C)C)C1c1ccc(OC(C)C)cc1. The van der Waals surface area contributed by atoms with E-state index in [2.05, 4.69) is 43.7 Å². The van der Waals surface area contributed by atoms with E-state index in [0.29, 0.717) is 6.61 Å². The second kappa shape index (κ2) is 8.46. The summed E-state index contributed by atoms with van der Waals surface area (Å²) in [4.78, 5) is 0. The van der Waals surface area contributed by atoms with E-state index in [0.717, 1.165) is 23.0 Å². The van der Waals surface area contributed by atoms with E-state index in [1.54, 1.807) is 7.11 Å². The minimum atomic E-state index is -0.804. The maximum atomic E-state index is 6.27. The smallest absolute Gasteiger partial charge is 0.375 e. The van der Waals surface area contributed by atoms with Crippen LogP contribution in [0.15, 0.2) is 48.3 Å². The highest BCUT2D eigenvalue weighted by molar-refractivity contribution is 5.87. The van der Waals surface area contributed by atoms with Gasteiger partial charge in [0.15, 0.2) is 12.1 Å².